The Labute approximate surface area is 212 Å². The molecule has 5 rings (SSSR count). The summed E-state index contributed by atoms with van der Waals surface area (Å²) in [5.41, 5.74) is 0.274. The minimum absolute atomic E-state index is 0.0962. The van der Waals surface area contributed by atoms with Crippen LogP contribution in [0.15, 0.2) is 6.20 Å². The maximum absolute atomic E-state index is 14.0. The number of aliphatic hydroxyl groups excluding tert-OH is 1. The largest absolute Gasteiger partial charge is 0.391 e. The number of nitrogens with one attached hydrogen (secondary N) is 1. The normalized spacial score (nSPS) is 30.8. The number of hydrogen-bond donors (Lipinski definition) is 2. The van der Waals surface area contributed by atoms with Gasteiger partial charge >= 0.3 is 0 Å². The zero-order valence-corrected chi connectivity index (χ0v) is 21.5. The molecule has 1 aromatic rings. The number of rotatable bonds is 5. The molecule has 2 N–H and O–H groups in total. The van der Waals surface area contributed by atoms with Crippen LogP contribution in [0, 0.1) is 28.1 Å². The molecule has 0 bridgehead atoms. The number of amides is 2. The Hall–Kier alpha value is -2.51. The van der Waals surface area contributed by atoms with Crippen LogP contribution in [0.4, 0.5) is 0 Å². The van der Waals surface area contributed by atoms with Crippen molar-refractivity contribution < 1.29 is 19.4 Å². The average molecular weight is 499 g/mol. The number of nitriles is 1. The lowest BCUT2D eigenvalue weighted by Crippen LogP contribution is -2.56. The summed E-state index contributed by atoms with van der Waals surface area (Å²) in [7, 11) is 0. The molecule has 4 aliphatic rings. The van der Waals surface area contributed by atoms with Crippen LogP contribution in [-0.2, 0) is 14.3 Å². The van der Waals surface area contributed by atoms with E-state index in [1.54, 1.807) is 4.68 Å². The molecule has 5 atom stereocenters. The van der Waals surface area contributed by atoms with Crippen LogP contribution in [0.2, 0.25) is 0 Å². The first kappa shape index (κ1) is 25.2. The number of nitrogens with zero attached hydrogens (tertiary/aromatic N) is 5. The van der Waals surface area contributed by atoms with Crippen molar-refractivity contribution in [3.8, 4) is 6.07 Å². The molecule has 1 spiro atoms. The highest BCUT2D eigenvalue weighted by Gasteiger charge is 2.52. The summed E-state index contributed by atoms with van der Waals surface area (Å²) in [5, 5.41) is 32.1. The van der Waals surface area contributed by atoms with Crippen molar-refractivity contribution >= 4 is 11.8 Å². The molecule has 10 nitrogen and oxygen atoms in total. The number of aliphatic hydroxyl groups is 1. The molecule has 4 fully saturated rings. The van der Waals surface area contributed by atoms with Crippen LogP contribution in [-0.4, -0.2) is 74.8 Å². The Bertz CT molecular complexity index is 1030. The van der Waals surface area contributed by atoms with Crippen molar-refractivity contribution in [2.45, 2.75) is 95.9 Å². The third-order valence-electron chi connectivity index (χ3n) is 8.67. The van der Waals surface area contributed by atoms with E-state index in [0.717, 1.165) is 44.2 Å². The molecule has 10 heteroatoms. The molecule has 2 amide bonds. The van der Waals surface area contributed by atoms with Gasteiger partial charge in [-0.2, -0.15) is 5.26 Å². The highest BCUT2D eigenvalue weighted by molar-refractivity contribution is 5.90. The molecule has 36 heavy (non-hydrogen) atoms. The average Bonchev–Trinajstić information content (AvgIpc) is 3.31. The van der Waals surface area contributed by atoms with E-state index < -0.39 is 23.6 Å². The Balaban J connectivity index is 1.37. The number of β-amino-alcohol motifs (C(OH)–C–C–N with tert-alkyl or cyclic N) is 1. The van der Waals surface area contributed by atoms with Gasteiger partial charge in [0.1, 0.15) is 12.1 Å². The van der Waals surface area contributed by atoms with Gasteiger partial charge in [-0.25, -0.2) is 4.68 Å². The second-order valence-electron chi connectivity index (χ2n) is 12.3. The lowest BCUT2D eigenvalue weighted by Gasteiger charge is -2.40. The van der Waals surface area contributed by atoms with Crippen molar-refractivity contribution in [2.75, 3.05) is 19.8 Å². The van der Waals surface area contributed by atoms with Crippen molar-refractivity contribution in [3.63, 3.8) is 0 Å². The maximum Gasteiger partial charge on any atom is 0.248 e. The van der Waals surface area contributed by atoms with E-state index in [4.69, 9.17) is 4.74 Å². The molecule has 196 valence electrons. The molecule has 4 unspecified atom stereocenters. The summed E-state index contributed by atoms with van der Waals surface area (Å²) in [6.07, 6.45) is 6.70. The molecule has 2 aliphatic carbocycles. The standard InChI is InChI=1S/C26H38N6O4/c1-25(2,3)22(32-15-19(29-30-32)16-4-5-16)24(35)31-14-18(33)12-20(31)23(34)28-21-17(13-27)6-7-26(21)8-10-36-11-9-26/h15-18,20-22,33H,4-12,14H2,1-3H3,(H,28,34)/t17?,18?,20?,21?,22-/m1/s1. The van der Waals surface area contributed by atoms with Crippen LogP contribution >= 0.6 is 0 Å². The van der Waals surface area contributed by atoms with Crippen molar-refractivity contribution in [1.82, 2.24) is 25.2 Å². The zero-order valence-electron chi connectivity index (χ0n) is 21.5. The fraction of sp³-hybridized carbons (Fsp3) is 0.808. The van der Waals surface area contributed by atoms with Gasteiger partial charge in [0, 0.05) is 38.3 Å². The van der Waals surface area contributed by atoms with Crippen molar-refractivity contribution in [1.29, 1.82) is 5.26 Å². The molecular weight excluding hydrogens is 460 g/mol. The highest BCUT2D eigenvalue weighted by atomic mass is 16.5. The summed E-state index contributed by atoms with van der Waals surface area (Å²) >= 11 is 0. The van der Waals surface area contributed by atoms with E-state index in [2.05, 4.69) is 21.7 Å². The number of hydrogen-bond acceptors (Lipinski definition) is 7. The summed E-state index contributed by atoms with van der Waals surface area (Å²) < 4.78 is 7.20. The van der Waals surface area contributed by atoms with Crippen LogP contribution in [0.5, 0.6) is 0 Å². The molecule has 2 saturated heterocycles. The second kappa shape index (κ2) is 9.42. The number of aromatic nitrogens is 3. The number of carbonyl (C=O) groups excluding carboxylic acids is 2. The van der Waals surface area contributed by atoms with E-state index in [-0.39, 0.29) is 42.2 Å². The molecule has 0 radical (unpaired) electrons. The molecular formula is C26H38N6O4. The predicted molar refractivity (Wildman–Crippen MR) is 129 cm³/mol. The zero-order chi connectivity index (χ0) is 25.7. The number of carbonyl (C=O) groups is 2. The minimum atomic E-state index is -0.791. The van der Waals surface area contributed by atoms with Gasteiger partial charge in [-0.15, -0.1) is 5.10 Å². The van der Waals surface area contributed by atoms with E-state index in [1.807, 2.05) is 27.0 Å². The van der Waals surface area contributed by atoms with E-state index >= 15 is 0 Å². The van der Waals surface area contributed by atoms with Gasteiger partial charge in [-0.3, -0.25) is 9.59 Å². The third-order valence-corrected chi connectivity index (χ3v) is 8.67. The van der Waals surface area contributed by atoms with Crippen molar-refractivity contribution in [2.24, 2.45) is 16.7 Å². The highest BCUT2D eigenvalue weighted by Crippen LogP contribution is 2.49. The lowest BCUT2D eigenvalue weighted by molar-refractivity contribution is -0.144. The monoisotopic (exact) mass is 498 g/mol. The molecule has 2 saturated carbocycles. The summed E-state index contributed by atoms with van der Waals surface area (Å²) in [6, 6.07) is 0.676. The third kappa shape index (κ3) is 4.63. The fourth-order valence-electron chi connectivity index (χ4n) is 6.50. The summed E-state index contributed by atoms with van der Waals surface area (Å²) in [6.45, 7) is 7.28. The van der Waals surface area contributed by atoms with Crippen LogP contribution < -0.4 is 5.32 Å². The smallest absolute Gasteiger partial charge is 0.248 e. The van der Waals surface area contributed by atoms with Gasteiger partial charge in [0.15, 0.2) is 0 Å². The first-order valence-electron chi connectivity index (χ1n) is 13.3. The summed E-state index contributed by atoms with van der Waals surface area (Å²) in [4.78, 5) is 29.2. The first-order chi connectivity index (χ1) is 17.1. The Kier molecular flexibility index (Phi) is 6.58. The van der Waals surface area contributed by atoms with Crippen LogP contribution in [0.1, 0.15) is 83.4 Å². The fourth-order valence-corrected chi connectivity index (χ4v) is 6.50. The van der Waals surface area contributed by atoms with E-state index in [1.165, 1.54) is 4.90 Å². The maximum atomic E-state index is 14.0. The van der Waals surface area contributed by atoms with Gasteiger partial charge in [-0.1, -0.05) is 26.0 Å². The van der Waals surface area contributed by atoms with Gasteiger partial charge in [0.05, 0.1) is 29.8 Å². The topological polar surface area (TPSA) is 133 Å². The van der Waals surface area contributed by atoms with E-state index in [9.17, 15) is 20.0 Å². The van der Waals surface area contributed by atoms with E-state index in [0.29, 0.717) is 19.1 Å². The number of ether oxygens (including phenoxy) is 1. The van der Waals surface area contributed by atoms with Crippen molar-refractivity contribution in [3.05, 3.63) is 11.9 Å². The SMILES string of the molecule is CC(C)(C)[C@@H](C(=O)N1CC(O)CC1C(=O)NC1C(C#N)CCC12CCOCC2)n1cc(C2CC2)nn1. The van der Waals surface area contributed by atoms with Gasteiger partial charge in [0.25, 0.3) is 0 Å². The Morgan fingerprint density at radius 1 is 1.25 bits per heavy atom. The van der Waals surface area contributed by atoms with Gasteiger partial charge < -0.3 is 20.1 Å². The first-order valence-corrected chi connectivity index (χ1v) is 13.3. The van der Waals surface area contributed by atoms with Gasteiger partial charge in [-0.05, 0) is 49.4 Å². The van der Waals surface area contributed by atoms with Crippen LogP contribution in [0.25, 0.3) is 0 Å². The molecule has 0 aromatic carbocycles. The Morgan fingerprint density at radius 3 is 2.61 bits per heavy atom. The minimum Gasteiger partial charge on any atom is -0.391 e. The molecule has 3 heterocycles. The second-order valence-corrected chi connectivity index (χ2v) is 12.3. The quantitative estimate of drug-likeness (QED) is 0.633. The Morgan fingerprint density at radius 2 is 1.97 bits per heavy atom. The summed E-state index contributed by atoms with van der Waals surface area (Å²) in [5.74, 6) is -0.377. The molecule has 2 aliphatic heterocycles. The van der Waals surface area contributed by atoms with Gasteiger partial charge in [0.2, 0.25) is 11.8 Å². The number of likely N-dealkylation sites (tertiary alicyclic amines) is 1. The molecule has 1 aromatic heterocycles. The lowest BCUT2D eigenvalue weighted by atomic mass is 9.74. The predicted octanol–water partition coefficient (Wildman–Crippen LogP) is 1.92. The van der Waals surface area contributed by atoms with Crippen LogP contribution in [0.3, 0.4) is 0 Å².